The van der Waals surface area contributed by atoms with Gasteiger partial charge in [-0.2, -0.15) is 0 Å². The first-order chi connectivity index (χ1) is 28.8. The van der Waals surface area contributed by atoms with Crippen LogP contribution in [0.1, 0.15) is 78.2 Å². The Kier molecular flexibility index (Phi) is 8.91. The summed E-state index contributed by atoms with van der Waals surface area (Å²) < 4.78 is 12.8. The van der Waals surface area contributed by atoms with Crippen LogP contribution in [0.15, 0.2) is 91.5 Å². The highest BCUT2D eigenvalue weighted by molar-refractivity contribution is 6.01. The summed E-state index contributed by atoms with van der Waals surface area (Å²) in [6.45, 7) is 12.6. The Labute approximate surface area is 346 Å². The number of hydrogen-bond acceptors (Lipinski definition) is 9. The SMILES string of the molecule is C=C1c2ccc3c(c2CN1C1CCC(=O)NC1=O)OCC1CN(CC2CC4(CCN(c5ccc(C6c7ccc(O)cc7OCC6c6ccccc6)cc5)CC4)C2)CCN31. The van der Waals surface area contributed by atoms with Gasteiger partial charge in [0.05, 0.1) is 18.3 Å². The molecule has 10 nitrogen and oxygen atoms in total. The van der Waals surface area contributed by atoms with Crippen LogP contribution in [-0.4, -0.2) is 91.3 Å². The van der Waals surface area contributed by atoms with Gasteiger partial charge in [0.15, 0.2) is 0 Å². The number of rotatable bonds is 6. The number of benzene rings is 4. The van der Waals surface area contributed by atoms with Crippen molar-refractivity contribution in [3.05, 3.63) is 119 Å². The number of fused-ring (bicyclic) bond motifs is 6. The van der Waals surface area contributed by atoms with Gasteiger partial charge >= 0.3 is 0 Å². The number of aromatic hydroxyl groups is 1. The predicted molar refractivity (Wildman–Crippen MR) is 228 cm³/mol. The molecule has 1 saturated carbocycles. The minimum atomic E-state index is -0.381. The number of phenolic OH excluding ortho intramolecular Hbond substituents is 1. The van der Waals surface area contributed by atoms with Crippen molar-refractivity contribution in [1.29, 1.82) is 0 Å². The highest BCUT2D eigenvalue weighted by atomic mass is 16.5. The number of phenols is 1. The van der Waals surface area contributed by atoms with E-state index < -0.39 is 0 Å². The fraction of sp³-hybridized carbons (Fsp3) is 0.429. The summed E-state index contributed by atoms with van der Waals surface area (Å²) in [6.07, 6.45) is 6.06. The first-order valence-corrected chi connectivity index (χ1v) is 21.7. The molecule has 4 atom stereocenters. The van der Waals surface area contributed by atoms with Gasteiger partial charge in [0.1, 0.15) is 29.9 Å². The van der Waals surface area contributed by atoms with E-state index in [9.17, 15) is 14.7 Å². The van der Waals surface area contributed by atoms with Crippen molar-refractivity contribution >= 4 is 28.9 Å². The first kappa shape index (κ1) is 36.6. The molecular formula is C49H53N5O5. The predicted octanol–water partition coefficient (Wildman–Crippen LogP) is 6.87. The van der Waals surface area contributed by atoms with Gasteiger partial charge in [-0.05, 0) is 78.8 Å². The van der Waals surface area contributed by atoms with Gasteiger partial charge in [0.2, 0.25) is 11.8 Å². The number of nitrogens with zero attached hydrogens (tertiary/aromatic N) is 4. The molecule has 10 heteroatoms. The van der Waals surface area contributed by atoms with Crippen molar-refractivity contribution in [1.82, 2.24) is 15.1 Å². The third-order valence-electron chi connectivity index (χ3n) is 14.9. The molecule has 4 unspecified atom stereocenters. The normalized spacial score (nSPS) is 26.2. The molecular weight excluding hydrogens is 739 g/mol. The monoisotopic (exact) mass is 791 g/mol. The summed E-state index contributed by atoms with van der Waals surface area (Å²) in [5.74, 6) is 2.63. The van der Waals surface area contributed by atoms with Crippen molar-refractivity contribution in [3.63, 3.8) is 0 Å². The van der Waals surface area contributed by atoms with Crippen LogP contribution < -0.4 is 24.6 Å². The second-order valence-electron chi connectivity index (χ2n) is 18.3. The van der Waals surface area contributed by atoms with E-state index in [1.165, 1.54) is 49.0 Å². The fourth-order valence-electron chi connectivity index (χ4n) is 11.9. The Morgan fingerprint density at radius 2 is 1.66 bits per heavy atom. The number of carbonyl (C=O) groups is 2. The zero-order valence-corrected chi connectivity index (χ0v) is 33.7. The van der Waals surface area contributed by atoms with Gasteiger partial charge in [0, 0.05) is 98.2 Å². The minimum Gasteiger partial charge on any atom is -0.508 e. The van der Waals surface area contributed by atoms with E-state index in [-0.39, 0.29) is 35.4 Å². The van der Waals surface area contributed by atoms with Gasteiger partial charge in [-0.25, -0.2) is 0 Å². The molecule has 4 aromatic carbocycles. The maximum Gasteiger partial charge on any atom is 0.249 e. The smallest absolute Gasteiger partial charge is 0.249 e. The van der Waals surface area contributed by atoms with E-state index in [2.05, 4.69) is 98.2 Å². The lowest BCUT2D eigenvalue weighted by Crippen LogP contribution is -2.59. The zero-order chi connectivity index (χ0) is 39.8. The third kappa shape index (κ3) is 6.42. The lowest BCUT2D eigenvalue weighted by atomic mass is 9.57. The summed E-state index contributed by atoms with van der Waals surface area (Å²) in [5.41, 5.74) is 9.64. The number of ether oxygens (including phenoxy) is 2. The zero-order valence-electron chi connectivity index (χ0n) is 33.7. The number of nitrogens with one attached hydrogen (secondary N) is 1. The molecule has 304 valence electrons. The molecule has 4 aromatic rings. The first-order valence-electron chi connectivity index (χ1n) is 21.7. The van der Waals surface area contributed by atoms with Gasteiger partial charge < -0.3 is 29.3 Å². The molecule has 7 aliphatic rings. The van der Waals surface area contributed by atoms with E-state index >= 15 is 0 Å². The Bertz CT molecular complexity index is 2300. The van der Waals surface area contributed by atoms with Gasteiger partial charge in [-0.1, -0.05) is 61.2 Å². The summed E-state index contributed by atoms with van der Waals surface area (Å²) in [4.78, 5) is 34.4. The molecule has 2 N–H and O–H groups in total. The van der Waals surface area contributed by atoms with Gasteiger partial charge in [-0.3, -0.25) is 19.8 Å². The summed E-state index contributed by atoms with van der Waals surface area (Å²) in [6, 6.07) is 29.8. The standard InChI is InChI=1S/C49H53N5O5/c1-31-38-13-14-42-47(40(38)28-54(31)43-15-16-45(56)50-48(43)57)59-29-36-27-51(21-22-53(36)42)26-32-24-49(25-32)17-19-52(20-18-49)35-9-7-34(8-10-35)46-39-12-11-37(55)23-44(39)58-30-41(46)33-5-3-2-4-6-33/h2-14,23,32,36,41,43,46,55H,1,15-22,24-30H2,(H,50,56,57). The Hall–Kier alpha value is -5.48. The topological polar surface area (TPSA) is 97.8 Å². The van der Waals surface area contributed by atoms with Crippen LogP contribution in [0.3, 0.4) is 0 Å². The number of piperidine rings is 2. The quantitative estimate of drug-likeness (QED) is 0.203. The van der Waals surface area contributed by atoms with Crippen molar-refractivity contribution in [2.24, 2.45) is 11.3 Å². The van der Waals surface area contributed by atoms with Crippen molar-refractivity contribution in [2.45, 2.75) is 69.0 Å². The maximum atomic E-state index is 12.7. The summed E-state index contributed by atoms with van der Waals surface area (Å²) in [7, 11) is 0. The molecule has 0 bridgehead atoms. The van der Waals surface area contributed by atoms with Gasteiger partial charge in [0.25, 0.3) is 0 Å². The lowest BCUT2D eigenvalue weighted by molar-refractivity contribution is -0.136. The van der Waals surface area contributed by atoms with Crippen LogP contribution >= 0.6 is 0 Å². The Morgan fingerprint density at radius 1 is 0.847 bits per heavy atom. The average Bonchev–Trinajstić information content (AvgIpc) is 3.58. The summed E-state index contributed by atoms with van der Waals surface area (Å²) >= 11 is 0. The molecule has 2 amide bonds. The van der Waals surface area contributed by atoms with E-state index in [0.717, 1.165) is 78.2 Å². The number of anilines is 2. The molecule has 4 fully saturated rings. The highest BCUT2D eigenvalue weighted by Crippen LogP contribution is 2.54. The molecule has 0 aromatic heterocycles. The van der Waals surface area contributed by atoms with E-state index in [1.807, 2.05) is 6.07 Å². The number of piperazine rings is 1. The minimum absolute atomic E-state index is 0.151. The number of hydrogen-bond donors (Lipinski definition) is 2. The molecule has 3 saturated heterocycles. The Morgan fingerprint density at radius 3 is 2.46 bits per heavy atom. The lowest BCUT2D eigenvalue weighted by Gasteiger charge is -2.54. The van der Waals surface area contributed by atoms with Crippen LogP contribution in [0.2, 0.25) is 0 Å². The van der Waals surface area contributed by atoms with Crippen LogP contribution in [0.4, 0.5) is 11.4 Å². The molecule has 11 rings (SSSR count). The molecule has 6 heterocycles. The molecule has 0 radical (unpaired) electrons. The second-order valence-corrected chi connectivity index (χ2v) is 18.3. The molecule has 1 spiro atoms. The number of imide groups is 1. The van der Waals surface area contributed by atoms with Crippen LogP contribution in [0.5, 0.6) is 17.2 Å². The summed E-state index contributed by atoms with van der Waals surface area (Å²) in [5, 5.41) is 12.7. The maximum absolute atomic E-state index is 12.7. The molecule has 59 heavy (non-hydrogen) atoms. The van der Waals surface area contributed by atoms with Crippen LogP contribution in [0, 0.1) is 11.3 Å². The van der Waals surface area contributed by atoms with Crippen LogP contribution in [-0.2, 0) is 16.1 Å². The molecule has 6 aliphatic heterocycles. The van der Waals surface area contributed by atoms with Crippen molar-refractivity contribution in [3.8, 4) is 17.2 Å². The van der Waals surface area contributed by atoms with E-state index in [0.29, 0.717) is 44.1 Å². The van der Waals surface area contributed by atoms with Gasteiger partial charge in [-0.15, -0.1) is 0 Å². The number of carbonyl (C=O) groups excluding carboxylic acids is 2. The molecule has 1 aliphatic carbocycles. The number of amides is 2. The largest absolute Gasteiger partial charge is 0.508 e. The third-order valence-corrected chi connectivity index (χ3v) is 14.9. The van der Waals surface area contributed by atoms with Crippen molar-refractivity contribution in [2.75, 3.05) is 62.3 Å². The van der Waals surface area contributed by atoms with E-state index in [1.54, 1.807) is 12.1 Å². The van der Waals surface area contributed by atoms with E-state index in [4.69, 9.17) is 9.47 Å². The highest BCUT2D eigenvalue weighted by Gasteiger charge is 2.47. The van der Waals surface area contributed by atoms with Crippen LogP contribution in [0.25, 0.3) is 5.70 Å². The average molecular weight is 792 g/mol. The second kappa shape index (κ2) is 14.4. The Balaban J connectivity index is 0.688. The fourth-order valence-corrected chi connectivity index (χ4v) is 11.9. The van der Waals surface area contributed by atoms with Crippen molar-refractivity contribution < 1.29 is 24.2 Å².